The molecule has 2 fully saturated rings. The second kappa shape index (κ2) is 8.72. The van der Waals surface area contributed by atoms with Crippen molar-refractivity contribution in [2.75, 3.05) is 39.3 Å². The molecule has 0 aliphatic carbocycles. The molecule has 3 rings (SSSR count). The second-order valence-corrected chi connectivity index (χ2v) is 9.70. The quantitative estimate of drug-likeness (QED) is 0.760. The molecule has 0 unspecified atom stereocenters. The highest BCUT2D eigenvalue weighted by Crippen LogP contribution is 2.27. The first-order valence-electron chi connectivity index (χ1n) is 9.94. The first-order chi connectivity index (χ1) is 12.5. The highest BCUT2D eigenvalue weighted by Gasteiger charge is 2.30. The third kappa shape index (κ3) is 4.78. The van der Waals surface area contributed by atoms with E-state index in [2.05, 4.69) is 11.8 Å². The van der Waals surface area contributed by atoms with Crippen LogP contribution in [0.4, 0.5) is 0 Å². The van der Waals surface area contributed by atoms with Crippen LogP contribution in [0, 0.1) is 11.8 Å². The van der Waals surface area contributed by atoms with Gasteiger partial charge < -0.3 is 9.64 Å². The van der Waals surface area contributed by atoms with Crippen molar-refractivity contribution in [3.8, 4) is 5.75 Å². The number of hydrogen-bond acceptors (Lipinski definition) is 4. The average molecular weight is 381 g/mol. The van der Waals surface area contributed by atoms with Gasteiger partial charge in [0.1, 0.15) is 5.75 Å². The number of sulfonamides is 1. The second-order valence-electron chi connectivity index (χ2n) is 7.76. The number of hydrogen-bond donors (Lipinski definition) is 0. The fourth-order valence-corrected chi connectivity index (χ4v) is 5.64. The Balaban J connectivity index is 1.54. The highest BCUT2D eigenvalue weighted by molar-refractivity contribution is 7.89. The van der Waals surface area contributed by atoms with E-state index in [1.165, 1.54) is 25.9 Å². The number of ether oxygens (including phenoxy) is 1. The third-order valence-electron chi connectivity index (χ3n) is 5.60. The molecule has 2 saturated heterocycles. The molecule has 0 N–H and O–H groups in total. The Morgan fingerprint density at radius 2 is 1.77 bits per heavy atom. The van der Waals surface area contributed by atoms with Crippen LogP contribution >= 0.6 is 0 Å². The molecule has 1 aromatic rings. The first kappa shape index (κ1) is 19.6. The number of benzene rings is 1. The van der Waals surface area contributed by atoms with E-state index in [0.717, 1.165) is 25.3 Å². The van der Waals surface area contributed by atoms with Crippen molar-refractivity contribution in [3.63, 3.8) is 0 Å². The SMILES string of the molecule is CCOc1ccc(S(=O)(=O)N2CCC(CN3CCC[C@@H](C)C3)CC2)cc1. The summed E-state index contributed by atoms with van der Waals surface area (Å²) in [5, 5.41) is 0. The lowest BCUT2D eigenvalue weighted by molar-refractivity contribution is 0.136. The summed E-state index contributed by atoms with van der Waals surface area (Å²) in [4.78, 5) is 2.94. The van der Waals surface area contributed by atoms with Gasteiger partial charge in [-0.15, -0.1) is 0 Å². The van der Waals surface area contributed by atoms with Crippen molar-refractivity contribution in [1.29, 1.82) is 0 Å². The van der Waals surface area contributed by atoms with Crippen molar-refractivity contribution in [3.05, 3.63) is 24.3 Å². The zero-order chi connectivity index (χ0) is 18.6. The lowest BCUT2D eigenvalue weighted by Crippen LogP contribution is -2.43. The standard InChI is InChI=1S/C20H32N2O3S/c1-3-25-19-6-8-20(9-7-19)26(23,24)22-13-10-18(11-14-22)16-21-12-4-5-17(2)15-21/h6-9,17-18H,3-5,10-16H2,1-2H3/t17-/m1/s1. The van der Waals surface area contributed by atoms with E-state index in [9.17, 15) is 8.42 Å². The van der Waals surface area contributed by atoms with Crippen LogP contribution in [0.15, 0.2) is 29.2 Å². The van der Waals surface area contributed by atoms with Crippen molar-refractivity contribution in [2.24, 2.45) is 11.8 Å². The van der Waals surface area contributed by atoms with Crippen molar-refractivity contribution < 1.29 is 13.2 Å². The van der Waals surface area contributed by atoms with E-state index >= 15 is 0 Å². The van der Waals surface area contributed by atoms with Crippen LogP contribution in [-0.2, 0) is 10.0 Å². The molecule has 26 heavy (non-hydrogen) atoms. The summed E-state index contributed by atoms with van der Waals surface area (Å²) in [5.74, 6) is 2.12. The predicted octanol–water partition coefficient (Wildman–Crippen LogP) is 3.22. The topological polar surface area (TPSA) is 49.9 Å². The molecular formula is C20H32N2O3S. The van der Waals surface area contributed by atoms with Crippen LogP contribution in [0.2, 0.25) is 0 Å². The van der Waals surface area contributed by atoms with Gasteiger partial charge in [0, 0.05) is 26.2 Å². The Morgan fingerprint density at radius 1 is 1.08 bits per heavy atom. The van der Waals surface area contributed by atoms with Gasteiger partial charge in [0.25, 0.3) is 0 Å². The smallest absolute Gasteiger partial charge is 0.243 e. The maximum absolute atomic E-state index is 12.9. The van der Waals surface area contributed by atoms with Crippen molar-refractivity contribution >= 4 is 10.0 Å². The Morgan fingerprint density at radius 3 is 2.38 bits per heavy atom. The molecule has 0 aromatic heterocycles. The number of likely N-dealkylation sites (tertiary alicyclic amines) is 1. The molecule has 2 heterocycles. The van der Waals surface area contributed by atoms with E-state index in [-0.39, 0.29) is 0 Å². The predicted molar refractivity (Wildman–Crippen MR) is 104 cm³/mol. The largest absolute Gasteiger partial charge is 0.494 e. The maximum Gasteiger partial charge on any atom is 0.243 e. The van der Waals surface area contributed by atoms with E-state index in [1.54, 1.807) is 28.6 Å². The van der Waals surface area contributed by atoms with E-state index in [4.69, 9.17) is 4.74 Å². The fraction of sp³-hybridized carbons (Fsp3) is 0.700. The minimum absolute atomic E-state index is 0.365. The van der Waals surface area contributed by atoms with Crippen LogP contribution in [0.25, 0.3) is 0 Å². The molecule has 0 bridgehead atoms. The van der Waals surface area contributed by atoms with E-state index < -0.39 is 10.0 Å². The summed E-state index contributed by atoms with van der Waals surface area (Å²) in [5.41, 5.74) is 0. The van der Waals surface area contributed by atoms with Gasteiger partial charge in [-0.05, 0) is 75.3 Å². The number of rotatable bonds is 6. The summed E-state index contributed by atoms with van der Waals surface area (Å²) < 4.78 is 32.8. The zero-order valence-corrected chi connectivity index (χ0v) is 16.9. The summed E-state index contributed by atoms with van der Waals surface area (Å²) in [6, 6.07) is 6.78. The van der Waals surface area contributed by atoms with Gasteiger partial charge in [-0.1, -0.05) is 6.92 Å². The minimum atomic E-state index is -3.39. The summed E-state index contributed by atoms with van der Waals surface area (Å²) in [6.07, 6.45) is 4.56. The lowest BCUT2D eigenvalue weighted by Gasteiger charge is -2.37. The van der Waals surface area contributed by atoms with Gasteiger partial charge in [-0.2, -0.15) is 4.31 Å². The van der Waals surface area contributed by atoms with Gasteiger partial charge in [-0.25, -0.2) is 8.42 Å². The maximum atomic E-state index is 12.9. The Labute approximate surface area is 158 Å². The Bertz CT molecular complexity index is 667. The molecule has 1 aromatic carbocycles. The molecule has 1 atom stereocenters. The van der Waals surface area contributed by atoms with E-state index in [1.807, 2.05) is 6.92 Å². The van der Waals surface area contributed by atoms with Crippen LogP contribution in [-0.4, -0.2) is 57.0 Å². The van der Waals surface area contributed by atoms with Crippen LogP contribution in [0.3, 0.4) is 0 Å². The molecular weight excluding hydrogens is 348 g/mol. The van der Waals surface area contributed by atoms with Gasteiger partial charge >= 0.3 is 0 Å². The number of nitrogens with zero attached hydrogens (tertiary/aromatic N) is 2. The molecule has 146 valence electrons. The molecule has 0 spiro atoms. The highest BCUT2D eigenvalue weighted by atomic mass is 32.2. The lowest BCUT2D eigenvalue weighted by atomic mass is 9.94. The average Bonchev–Trinajstić information content (AvgIpc) is 2.63. The minimum Gasteiger partial charge on any atom is -0.494 e. The molecule has 5 nitrogen and oxygen atoms in total. The summed E-state index contributed by atoms with van der Waals surface area (Å²) in [6.45, 7) is 9.61. The molecule has 2 aliphatic rings. The Hall–Kier alpha value is -1.11. The summed E-state index contributed by atoms with van der Waals surface area (Å²) in [7, 11) is -3.39. The fourth-order valence-electron chi connectivity index (χ4n) is 4.17. The van der Waals surface area contributed by atoms with Gasteiger partial charge in [-0.3, -0.25) is 0 Å². The zero-order valence-electron chi connectivity index (χ0n) is 16.1. The van der Waals surface area contributed by atoms with Gasteiger partial charge in [0.15, 0.2) is 0 Å². The van der Waals surface area contributed by atoms with Gasteiger partial charge in [0.05, 0.1) is 11.5 Å². The van der Waals surface area contributed by atoms with E-state index in [0.29, 0.717) is 36.3 Å². The summed E-state index contributed by atoms with van der Waals surface area (Å²) >= 11 is 0. The normalized spacial score (nSPS) is 23.8. The monoisotopic (exact) mass is 380 g/mol. The molecule has 0 radical (unpaired) electrons. The van der Waals surface area contributed by atoms with Crippen LogP contribution < -0.4 is 4.74 Å². The third-order valence-corrected chi connectivity index (χ3v) is 7.52. The molecule has 0 saturated carbocycles. The molecule has 0 amide bonds. The van der Waals surface area contributed by atoms with Crippen molar-refractivity contribution in [2.45, 2.75) is 44.4 Å². The van der Waals surface area contributed by atoms with Crippen LogP contribution in [0.1, 0.15) is 39.5 Å². The van der Waals surface area contributed by atoms with Crippen LogP contribution in [0.5, 0.6) is 5.75 Å². The first-order valence-corrected chi connectivity index (χ1v) is 11.4. The Kier molecular flexibility index (Phi) is 6.59. The number of piperidine rings is 2. The molecule has 2 aliphatic heterocycles. The van der Waals surface area contributed by atoms with Crippen molar-refractivity contribution in [1.82, 2.24) is 9.21 Å². The van der Waals surface area contributed by atoms with Gasteiger partial charge in [0.2, 0.25) is 10.0 Å². The molecule has 6 heteroatoms.